The molecule has 41 heavy (non-hydrogen) atoms. The number of piperidine rings is 1. The maximum Gasteiger partial charge on any atom is 0.407 e. The van der Waals surface area contributed by atoms with Crippen LogP contribution in [-0.2, 0) is 4.74 Å². The standard InChI is InChI=1S/C27H35F2N9O3/c1-16(17-7-9-37(10-8-17)25-33-35-36-34-25)40-19-12-30-24(31-13-19)38-14-21(20-11-18(28)5-6-22(20)29)23(15-38)32-26(39)41-27(2,3)4/h5-6,11-13,16-17,21,23H,7-10,14-15H2,1-4H3,(H,32,39)(H,33,34,35,36). The minimum absolute atomic E-state index is 0.0496. The monoisotopic (exact) mass is 571 g/mol. The summed E-state index contributed by atoms with van der Waals surface area (Å²) >= 11 is 0. The third-order valence-electron chi connectivity index (χ3n) is 7.42. The van der Waals surface area contributed by atoms with Gasteiger partial charge in [-0.1, -0.05) is 5.10 Å². The van der Waals surface area contributed by atoms with Crippen molar-refractivity contribution in [1.82, 2.24) is 35.9 Å². The predicted octanol–water partition coefficient (Wildman–Crippen LogP) is 3.45. The molecule has 2 saturated heterocycles. The fourth-order valence-electron chi connectivity index (χ4n) is 5.39. The normalized spacial score (nSPS) is 20.6. The first-order valence-electron chi connectivity index (χ1n) is 13.7. The van der Waals surface area contributed by atoms with Crippen molar-refractivity contribution in [3.05, 3.63) is 47.8 Å². The van der Waals surface area contributed by atoms with Crippen LogP contribution < -0.4 is 19.9 Å². The quantitative estimate of drug-likeness (QED) is 0.434. The molecule has 14 heteroatoms. The number of aromatic nitrogens is 6. The van der Waals surface area contributed by atoms with Gasteiger partial charge in [0.05, 0.1) is 24.5 Å². The third-order valence-corrected chi connectivity index (χ3v) is 7.42. The number of ether oxygens (including phenoxy) is 2. The molecule has 3 unspecified atom stereocenters. The van der Waals surface area contributed by atoms with Gasteiger partial charge in [-0.15, -0.1) is 5.10 Å². The average Bonchev–Trinajstić information content (AvgIpc) is 3.60. The lowest BCUT2D eigenvalue weighted by Gasteiger charge is -2.34. The summed E-state index contributed by atoms with van der Waals surface area (Å²) in [7, 11) is 0. The minimum Gasteiger partial charge on any atom is -0.487 e. The Kier molecular flexibility index (Phi) is 8.18. The highest BCUT2D eigenvalue weighted by atomic mass is 19.1. The molecule has 1 amide bonds. The number of halogens is 2. The minimum atomic E-state index is -0.705. The molecule has 2 fully saturated rings. The molecule has 0 bridgehead atoms. The number of carbonyl (C=O) groups excluding carboxylic acids is 1. The van der Waals surface area contributed by atoms with E-state index in [1.165, 1.54) is 6.07 Å². The molecule has 3 aromatic rings. The maximum absolute atomic E-state index is 14.8. The fraction of sp³-hybridized carbons (Fsp3) is 0.556. The predicted molar refractivity (Wildman–Crippen MR) is 146 cm³/mol. The number of carbonyl (C=O) groups is 1. The number of alkyl carbamates (subject to hydrolysis) is 1. The van der Waals surface area contributed by atoms with Gasteiger partial charge in [-0.2, -0.15) is 5.21 Å². The molecule has 0 aliphatic carbocycles. The number of rotatable bonds is 7. The highest BCUT2D eigenvalue weighted by Gasteiger charge is 2.38. The van der Waals surface area contributed by atoms with Gasteiger partial charge in [0, 0.05) is 32.1 Å². The van der Waals surface area contributed by atoms with E-state index in [9.17, 15) is 13.6 Å². The van der Waals surface area contributed by atoms with Gasteiger partial charge in [0.15, 0.2) is 5.75 Å². The highest BCUT2D eigenvalue weighted by molar-refractivity contribution is 5.68. The second-order valence-corrected chi connectivity index (χ2v) is 11.5. The summed E-state index contributed by atoms with van der Waals surface area (Å²) in [6, 6.07) is 2.77. The Hall–Kier alpha value is -4.10. The summed E-state index contributed by atoms with van der Waals surface area (Å²) < 4.78 is 40.4. The topological polar surface area (TPSA) is 134 Å². The lowest BCUT2D eigenvalue weighted by molar-refractivity contribution is 0.0504. The summed E-state index contributed by atoms with van der Waals surface area (Å²) in [5.74, 6) is 0.244. The second kappa shape index (κ2) is 11.8. The Bertz CT molecular complexity index is 1310. The molecule has 220 valence electrons. The number of nitrogens with one attached hydrogen (secondary N) is 2. The number of hydrogen-bond donors (Lipinski definition) is 2. The van der Waals surface area contributed by atoms with Crippen molar-refractivity contribution in [2.75, 3.05) is 36.0 Å². The molecule has 0 spiro atoms. The highest BCUT2D eigenvalue weighted by Crippen LogP contribution is 2.33. The van der Waals surface area contributed by atoms with Gasteiger partial charge < -0.3 is 24.6 Å². The molecule has 1 aromatic carbocycles. The molecule has 0 saturated carbocycles. The van der Waals surface area contributed by atoms with Crippen molar-refractivity contribution in [1.29, 1.82) is 0 Å². The molecular formula is C27H35F2N9O3. The molecular weight excluding hydrogens is 536 g/mol. The Morgan fingerprint density at radius 1 is 1.10 bits per heavy atom. The number of hydrogen-bond acceptors (Lipinski definition) is 10. The number of H-pyrrole nitrogens is 1. The molecule has 2 N–H and O–H groups in total. The zero-order valence-electron chi connectivity index (χ0n) is 23.5. The first-order chi connectivity index (χ1) is 19.6. The number of aromatic amines is 1. The van der Waals surface area contributed by atoms with Crippen LogP contribution >= 0.6 is 0 Å². The van der Waals surface area contributed by atoms with Crippen molar-refractivity contribution in [3.8, 4) is 5.75 Å². The van der Waals surface area contributed by atoms with Crippen molar-refractivity contribution < 1.29 is 23.0 Å². The Morgan fingerprint density at radius 3 is 2.49 bits per heavy atom. The molecule has 5 rings (SSSR count). The van der Waals surface area contributed by atoms with E-state index in [2.05, 4.69) is 40.8 Å². The van der Waals surface area contributed by atoms with E-state index in [4.69, 9.17) is 9.47 Å². The van der Waals surface area contributed by atoms with Crippen molar-refractivity contribution in [2.45, 2.75) is 64.2 Å². The summed E-state index contributed by atoms with van der Waals surface area (Å²) in [5, 5.41) is 17.0. The van der Waals surface area contributed by atoms with E-state index < -0.39 is 35.3 Å². The van der Waals surface area contributed by atoms with Crippen LogP contribution in [0.25, 0.3) is 0 Å². The molecule has 2 aliphatic heterocycles. The molecule has 0 radical (unpaired) electrons. The summed E-state index contributed by atoms with van der Waals surface area (Å²) in [4.78, 5) is 25.5. The van der Waals surface area contributed by atoms with Gasteiger partial charge in [0.1, 0.15) is 17.2 Å². The van der Waals surface area contributed by atoms with E-state index in [0.717, 1.165) is 38.1 Å². The van der Waals surface area contributed by atoms with E-state index >= 15 is 0 Å². The average molecular weight is 572 g/mol. The number of anilines is 2. The fourth-order valence-corrected chi connectivity index (χ4v) is 5.39. The molecule has 2 aliphatic rings. The van der Waals surface area contributed by atoms with Crippen LogP contribution in [0.15, 0.2) is 30.6 Å². The van der Waals surface area contributed by atoms with E-state index in [1.807, 2.05) is 11.8 Å². The van der Waals surface area contributed by atoms with Gasteiger partial charge in [-0.25, -0.2) is 23.5 Å². The third kappa shape index (κ3) is 6.98. The number of nitrogens with zero attached hydrogens (tertiary/aromatic N) is 7. The Labute approximate surface area is 236 Å². The van der Waals surface area contributed by atoms with Crippen LogP contribution in [0.3, 0.4) is 0 Å². The molecule has 12 nitrogen and oxygen atoms in total. The lowest BCUT2D eigenvalue weighted by Crippen LogP contribution is -2.43. The first kappa shape index (κ1) is 28.4. The Morgan fingerprint density at radius 2 is 1.83 bits per heavy atom. The largest absolute Gasteiger partial charge is 0.487 e. The van der Waals surface area contributed by atoms with Crippen LogP contribution in [0.5, 0.6) is 5.75 Å². The molecule has 3 atom stereocenters. The van der Waals surface area contributed by atoms with Crippen molar-refractivity contribution >= 4 is 18.0 Å². The van der Waals surface area contributed by atoms with Crippen molar-refractivity contribution in [3.63, 3.8) is 0 Å². The SMILES string of the molecule is CC(Oc1cnc(N2CC(NC(=O)OC(C)(C)C)C(c3cc(F)ccc3F)C2)nc1)C1CCN(c2nn[nH]n2)CC1. The van der Waals surface area contributed by atoms with Gasteiger partial charge in [0.2, 0.25) is 5.95 Å². The molecule has 4 heterocycles. The number of benzene rings is 1. The van der Waals surface area contributed by atoms with E-state index in [1.54, 1.807) is 33.2 Å². The van der Waals surface area contributed by atoms with Gasteiger partial charge >= 0.3 is 6.09 Å². The van der Waals surface area contributed by atoms with Crippen LogP contribution in [0.4, 0.5) is 25.5 Å². The van der Waals surface area contributed by atoms with Gasteiger partial charge in [-0.05, 0) is 75.4 Å². The molecule has 2 aromatic heterocycles. The summed E-state index contributed by atoms with van der Waals surface area (Å²) in [5.41, 5.74) is -0.531. The van der Waals surface area contributed by atoms with E-state index in [0.29, 0.717) is 23.6 Å². The first-order valence-corrected chi connectivity index (χ1v) is 13.7. The van der Waals surface area contributed by atoms with Crippen LogP contribution in [-0.4, -0.2) is 80.6 Å². The lowest BCUT2D eigenvalue weighted by atomic mass is 9.92. The van der Waals surface area contributed by atoms with Crippen molar-refractivity contribution in [2.24, 2.45) is 5.92 Å². The maximum atomic E-state index is 14.8. The van der Waals surface area contributed by atoms with Crippen LogP contribution in [0, 0.1) is 17.6 Å². The summed E-state index contributed by atoms with van der Waals surface area (Å²) in [6.45, 7) is 9.50. The van der Waals surface area contributed by atoms with E-state index in [-0.39, 0.29) is 24.8 Å². The van der Waals surface area contributed by atoms with Crippen LogP contribution in [0.1, 0.15) is 52.0 Å². The smallest absolute Gasteiger partial charge is 0.407 e. The number of tetrazole rings is 1. The van der Waals surface area contributed by atoms with Crippen LogP contribution in [0.2, 0.25) is 0 Å². The van der Waals surface area contributed by atoms with Gasteiger partial charge in [-0.3, -0.25) is 0 Å². The zero-order valence-corrected chi connectivity index (χ0v) is 23.5. The second-order valence-electron chi connectivity index (χ2n) is 11.5. The zero-order chi connectivity index (χ0) is 29.1. The van der Waals surface area contributed by atoms with Gasteiger partial charge in [0.25, 0.3) is 5.95 Å². The Balaban J connectivity index is 1.23. The summed E-state index contributed by atoms with van der Waals surface area (Å²) in [6.07, 6.45) is 4.39. The number of amides is 1.